The van der Waals surface area contributed by atoms with E-state index in [0.717, 1.165) is 19.8 Å². The van der Waals surface area contributed by atoms with Crippen LogP contribution in [0.2, 0.25) is 0 Å². The largest absolute Gasteiger partial charge is 0.329 e. The zero-order chi connectivity index (χ0) is 5.40. The van der Waals surface area contributed by atoms with E-state index in [1.165, 1.54) is 0 Å². The van der Waals surface area contributed by atoms with Crippen LogP contribution in [-0.4, -0.2) is 26.3 Å². The summed E-state index contributed by atoms with van der Waals surface area (Å²) in [5.41, 5.74) is 0. The third-order valence-corrected chi connectivity index (χ3v) is 1.40. The van der Waals surface area contributed by atoms with Crippen molar-refractivity contribution in [2.24, 2.45) is 5.92 Å². The van der Waals surface area contributed by atoms with Gasteiger partial charge in [-0.1, -0.05) is 0 Å². The van der Waals surface area contributed by atoms with Crippen LogP contribution in [0.4, 0.5) is 0 Å². The Kier molecular flexibility index (Phi) is 0.997. The molecule has 0 aromatic heterocycles. The quantitative estimate of drug-likeness (QED) is 0.444. The fourth-order valence-corrected chi connectivity index (χ4v) is 0.933. The molecule has 0 unspecified atom stereocenters. The lowest BCUT2D eigenvalue weighted by atomic mass is 10.2. The molecule has 3 saturated heterocycles. The van der Waals surface area contributed by atoms with Gasteiger partial charge in [0.1, 0.15) is 0 Å². The minimum Gasteiger partial charge on any atom is -0.329 e. The number of fused-ring (bicyclic) bond motifs is 3. The average Bonchev–Trinajstić information content (AvgIpc) is 1.92. The molecule has 0 N–H and O–H groups in total. The van der Waals surface area contributed by atoms with E-state index in [9.17, 15) is 0 Å². The fourth-order valence-electron chi connectivity index (χ4n) is 0.933. The Morgan fingerprint density at radius 2 is 1.38 bits per heavy atom. The summed E-state index contributed by atoms with van der Waals surface area (Å²) in [6.07, 6.45) is 0. The summed E-state index contributed by atoms with van der Waals surface area (Å²) in [7, 11) is 0. The Hall–Kier alpha value is -0.120. The molecule has 0 aliphatic carbocycles. The second-order valence-electron chi connectivity index (χ2n) is 2.15. The van der Waals surface area contributed by atoms with Crippen molar-refractivity contribution in [3.05, 3.63) is 0 Å². The highest BCUT2D eigenvalue weighted by Gasteiger charge is 2.29. The SMILES string of the molecule is C1OC2OCC1CO2. The molecule has 0 aromatic rings. The smallest absolute Gasteiger partial charge is 0.271 e. The summed E-state index contributed by atoms with van der Waals surface area (Å²) in [6.45, 7) is 2.08. The predicted octanol–water partition coefficient (Wildman–Crippen LogP) is -0.0368. The van der Waals surface area contributed by atoms with E-state index < -0.39 is 0 Å². The van der Waals surface area contributed by atoms with Gasteiger partial charge in [0.05, 0.1) is 19.8 Å². The standard InChI is InChI=1S/C5H8O3/c1-4-2-7-5(6-1)8-3-4/h4-5H,1-3H2. The van der Waals surface area contributed by atoms with E-state index in [2.05, 4.69) is 0 Å². The van der Waals surface area contributed by atoms with E-state index in [4.69, 9.17) is 14.2 Å². The van der Waals surface area contributed by atoms with Gasteiger partial charge < -0.3 is 14.2 Å². The Labute approximate surface area is 47.5 Å². The van der Waals surface area contributed by atoms with Gasteiger partial charge in [-0.2, -0.15) is 0 Å². The molecule has 3 rings (SSSR count). The molecule has 0 aromatic carbocycles. The van der Waals surface area contributed by atoms with Crippen LogP contribution < -0.4 is 0 Å². The number of hydrogen-bond acceptors (Lipinski definition) is 3. The number of ether oxygens (including phenoxy) is 3. The molecule has 0 spiro atoms. The van der Waals surface area contributed by atoms with Crippen molar-refractivity contribution in [3.63, 3.8) is 0 Å². The monoisotopic (exact) mass is 116 g/mol. The van der Waals surface area contributed by atoms with Gasteiger partial charge in [-0.25, -0.2) is 0 Å². The van der Waals surface area contributed by atoms with E-state index in [1.54, 1.807) is 0 Å². The molecule has 0 amide bonds. The topological polar surface area (TPSA) is 27.7 Å². The predicted molar refractivity (Wildman–Crippen MR) is 25.1 cm³/mol. The third kappa shape index (κ3) is 0.632. The van der Waals surface area contributed by atoms with Crippen molar-refractivity contribution in [2.75, 3.05) is 19.8 Å². The van der Waals surface area contributed by atoms with Crippen LogP contribution >= 0.6 is 0 Å². The molecule has 3 heterocycles. The first-order valence-electron chi connectivity index (χ1n) is 2.80. The zero-order valence-electron chi connectivity index (χ0n) is 4.50. The number of rotatable bonds is 0. The molecule has 3 nitrogen and oxygen atoms in total. The van der Waals surface area contributed by atoms with Crippen molar-refractivity contribution in [3.8, 4) is 0 Å². The summed E-state index contributed by atoms with van der Waals surface area (Å²) in [6, 6.07) is 0. The molecule has 46 valence electrons. The first kappa shape index (κ1) is 4.73. The van der Waals surface area contributed by atoms with Gasteiger partial charge in [-0.3, -0.25) is 0 Å². The molecule has 0 atom stereocenters. The van der Waals surface area contributed by atoms with Gasteiger partial charge in [0.2, 0.25) is 0 Å². The average molecular weight is 116 g/mol. The Morgan fingerprint density at radius 3 is 1.50 bits per heavy atom. The normalized spacial score (nSPS) is 45.0. The summed E-state index contributed by atoms with van der Waals surface area (Å²) in [5.74, 6) is 0.486. The van der Waals surface area contributed by atoms with Gasteiger partial charge in [0.25, 0.3) is 6.48 Å². The van der Waals surface area contributed by atoms with E-state index in [0.29, 0.717) is 5.92 Å². The first-order valence-corrected chi connectivity index (χ1v) is 2.80. The highest BCUT2D eigenvalue weighted by molar-refractivity contribution is 4.63. The van der Waals surface area contributed by atoms with Crippen molar-refractivity contribution >= 4 is 0 Å². The van der Waals surface area contributed by atoms with E-state index in [-0.39, 0.29) is 6.48 Å². The van der Waals surface area contributed by atoms with Crippen LogP contribution in [0.5, 0.6) is 0 Å². The molecule has 3 heteroatoms. The van der Waals surface area contributed by atoms with Gasteiger partial charge >= 0.3 is 0 Å². The maximum absolute atomic E-state index is 5.03. The van der Waals surface area contributed by atoms with Gasteiger partial charge in [0, 0.05) is 5.92 Å². The lowest BCUT2D eigenvalue weighted by Crippen LogP contribution is -2.43. The summed E-state index contributed by atoms with van der Waals surface area (Å²) >= 11 is 0. The molecule has 3 aliphatic rings. The van der Waals surface area contributed by atoms with Gasteiger partial charge in [0.15, 0.2) is 0 Å². The zero-order valence-corrected chi connectivity index (χ0v) is 4.50. The minimum atomic E-state index is -0.347. The highest BCUT2D eigenvalue weighted by Crippen LogP contribution is 2.19. The molecule has 3 fully saturated rings. The van der Waals surface area contributed by atoms with Crippen LogP contribution in [0.25, 0.3) is 0 Å². The van der Waals surface area contributed by atoms with E-state index in [1.807, 2.05) is 0 Å². The van der Waals surface area contributed by atoms with Gasteiger partial charge in [-0.15, -0.1) is 0 Å². The second kappa shape index (κ2) is 1.69. The minimum absolute atomic E-state index is 0.347. The maximum Gasteiger partial charge on any atom is 0.271 e. The van der Waals surface area contributed by atoms with Crippen LogP contribution in [-0.2, 0) is 14.2 Å². The van der Waals surface area contributed by atoms with Crippen molar-refractivity contribution < 1.29 is 14.2 Å². The Balaban J connectivity index is 2.03. The van der Waals surface area contributed by atoms with Gasteiger partial charge in [-0.05, 0) is 0 Å². The van der Waals surface area contributed by atoms with Crippen LogP contribution in [0.1, 0.15) is 0 Å². The summed E-state index contributed by atoms with van der Waals surface area (Å²) in [5, 5.41) is 0. The lowest BCUT2D eigenvalue weighted by molar-refractivity contribution is -0.368. The highest BCUT2D eigenvalue weighted by atomic mass is 16.9. The van der Waals surface area contributed by atoms with E-state index >= 15 is 0 Å². The molecule has 8 heavy (non-hydrogen) atoms. The fraction of sp³-hybridized carbons (Fsp3) is 1.00. The summed E-state index contributed by atoms with van der Waals surface area (Å²) < 4.78 is 15.1. The number of hydrogen-bond donors (Lipinski definition) is 0. The molecular formula is C5H8O3. The Morgan fingerprint density at radius 1 is 0.875 bits per heavy atom. The summed E-state index contributed by atoms with van der Waals surface area (Å²) in [4.78, 5) is 0. The Bertz CT molecular complexity index is 62.7. The van der Waals surface area contributed by atoms with Crippen molar-refractivity contribution in [2.45, 2.75) is 6.48 Å². The van der Waals surface area contributed by atoms with Crippen LogP contribution in [0.15, 0.2) is 0 Å². The third-order valence-electron chi connectivity index (χ3n) is 1.40. The molecule has 3 aliphatic heterocycles. The molecule has 0 radical (unpaired) electrons. The van der Waals surface area contributed by atoms with Crippen molar-refractivity contribution in [1.29, 1.82) is 0 Å². The van der Waals surface area contributed by atoms with Crippen molar-refractivity contribution in [1.82, 2.24) is 0 Å². The van der Waals surface area contributed by atoms with Crippen LogP contribution in [0.3, 0.4) is 0 Å². The molecule has 0 saturated carbocycles. The molecular weight excluding hydrogens is 108 g/mol. The van der Waals surface area contributed by atoms with Crippen LogP contribution in [0, 0.1) is 5.92 Å². The lowest BCUT2D eigenvalue weighted by Gasteiger charge is -2.35. The first-order chi connectivity index (χ1) is 3.95. The maximum atomic E-state index is 5.03. The second-order valence-corrected chi connectivity index (χ2v) is 2.15. The molecule has 2 bridgehead atoms.